The summed E-state index contributed by atoms with van der Waals surface area (Å²) in [6.07, 6.45) is 8.70. The zero-order chi connectivity index (χ0) is 8.55. The van der Waals surface area contributed by atoms with Gasteiger partial charge in [0.15, 0.2) is 0 Å². The van der Waals surface area contributed by atoms with Crippen molar-refractivity contribution < 1.29 is 0 Å². The molecule has 3 heteroatoms. The highest BCUT2D eigenvalue weighted by Crippen LogP contribution is 2.10. The number of hydrogen-bond acceptors (Lipinski definition) is 1. The highest BCUT2D eigenvalue weighted by Gasteiger charge is 2.07. The molecule has 0 saturated heterocycles. The first-order valence-electron chi connectivity index (χ1n) is 3.90. The molecule has 1 N–H and O–H groups in total. The standard InChI is InChI=1S/C9H10N2O/c1-11-8-6-4-2-3-5-7(8)10-9(11)12/h2-4,6H,5H2,1H3,(H,10,12). The number of hydrogen-bond donors (Lipinski definition) is 1. The van der Waals surface area contributed by atoms with Crippen LogP contribution in [0.4, 0.5) is 0 Å². The number of aromatic nitrogens is 2. The van der Waals surface area contributed by atoms with Crippen LogP contribution in [0, 0.1) is 0 Å². The third-order valence-corrected chi connectivity index (χ3v) is 2.06. The Kier molecular flexibility index (Phi) is 1.50. The SMILES string of the molecule is Cn1c2c([nH]c1=O)CC=CC=C2. The third kappa shape index (κ3) is 0.942. The second-order valence-corrected chi connectivity index (χ2v) is 2.84. The molecule has 0 aliphatic heterocycles. The van der Waals surface area contributed by atoms with Crippen LogP contribution in [0.5, 0.6) is 0 Å². The Bertz CT molecular complexity index is 407. The average Bonchev–Trinajstić information content (AvgIpc) is 2.30. The molecule has 0 unspecified atom stereocenters. The number of aromatic amines is 1. The summed E-state index contributed by atoms with van der Waals surface area (Å²) in [4.78, 5) is 14.0. The minimum Gasteiger partial charge on any atom is -0.309 e. The quantitative estimate of drug-likeness (QED) is 0.603. The molecule has 1 aromatic heterocycles. The van der Waals surface area contributed by atoms with Crippen LogP contribution in [-0.2, 0) is 13.5 Å². The predicted octanol–water partition coefficient (Wildman–Crippen LogP) is 0.839. The number of allylic oxidation sites excluding steroid dienone is 3. The highest BCUT2D eigenvalue weighted by molar-refractivity contribution is 5.52. The molecular formula is C9H10N2O. The van der Waals surface area contributed by atoms with E-state index in [0.29, 0.717) is 0 Å². The fourth-order valence-electron chi connectivity index (χ4n) is 1.37. The lowest BCUT2D eigenvalue weighted by Crippen LogP contribution is -2.13. The van der Waals surface area contributed by atoms with Gasteiger partial charge in [0.25, 0.3) is 0 Å². The van der Waals surface area contributed by atoms with Gasteiger partial charge in [-0.05, 0) is 6.08 Å². The van der Waals surface area contributed by atoms with E-state index in [1.54, 1.807) is 11.6 Å². The normalized spacial score (nSPS) is 14.4. The van der Waals surface area contributed by atoms with Crippen molar-refractivity contribution >= 4 is 6.08 Å². The molecule has 0 spiro atoms. The monoisotopic (exact) mass is 162 g/mol. The van der Waals surface area contributed by atoms with Crippen molar-refractivity contribution in [1.82, 2.24) is 9.55 Å². The van der Waals surface area contributed by atoms with E-state index >= 15 is 0 Å². The molecule has 1 heterocycles. The van der Waals surface area contributed by atoms with Crippen molar-refractivity contribution in [2.45, 2.75) is 6.42 Å². The second kappa shape index (κ2) is 2.52. The molecule has 0 atom stereocenters. The molecular weight excluding hydrogens is 152 g/mol. The maximum atomic E-state index is 11.2. The van der Waals surface area contributed by atoms with Gasteiger partial charge in [0.2, 0.25) is 0 Å². The van der Waals surface area contributed by atoms with Gasteiger partial charge in [-0.3, -0.25) is 4.57 Å². The summed E-state index contributed by atoms with van der Waals surface area (Å²) in [5, 5.41) is 0. The molecule has 0 saturated carbocycles. The molecule has 1 aliphatic carbocycles. The highest BCUT2D eigenvalue weighted by atomic mass is 16.1. The van der Waals surface area contributed by atoms with Crippen molar-refractivity contribution in [2.75, 3.05) is 0 Å². The first-order valence-corrected chi connectivity index (χ1v) is 3.90. The summed E-state index contributed by atoms with van der Waals surface area (Å²) in [6, 6.07) is 0. The van der Waals surface area contributed by atoms with Gasteiger partial charge in [-0.15, -0.1) is 0 Å². The van der Waals surface area contributed by atoms with Crippen molar-refractivity contribution in [3.8, 4) is 0 Å². The molecule has 12 heavy (non-hydrogen) atoms. The summed E-state index contributed by atoms with van der Waals surface area (Å²) in [5.41, 5.74) is 1.93. The third-order valence-electron chi connectivity index (χ3n) is 2.06. The molecule has 3 nitrogen and oxygen atoms in total. The fourth-order valence-corrected chi connectivity index (χ4v) is 1.37. The van der Waals surface area contributed by atoms with E-state index in [9.17, 15) is 4.79 Å². The lowest BCUT2D eigenvalue weighted by atomic mass is 10.2. The van der Waals surface area contributed by atoms with Crippen LogP contribution < -0.4 is 5.69 Å². The molecule has 0 bridgehead atoms. The van der Waals surface area contributed by atoms with Crippen LogP contribution in [0.25, 0.3) is 6.08 Å². The minimum atomic E-state index is -0.0417. The van der Waals surface area contributed by atoms with Crippen LogP contribution >= 0.6 is 0 Å². The maximum Gasteiger partial charge on any atom is 0.325 e. The van der Waals surface area contributed by atoms with Gasteiger partial charge in [0, 0.05) is 19.2 Å². The molecule has 2 rings (SSSR count). The summed E-state index contributed by atoms with van der Waals surface area (Å²) in [6.45, 7) is 0. The van der Waals surface area contributed by atoms with Crippen molar-refractivity contribution in [3.05, 3.63) is 40.1 Å². The van der Waals surface area contributed by atoms with Crippen LogP contribution in [0.3, 0.4) is 0 Å². The lowest BCUT2D eigenvalue weighted by Gasteiger charge is -1.94. The van der Waals surface area contributed by atoms with Crippen LogP contribution in [0.2, 0.25) is 0 Å². The first-order chi connectivity index (χ1) is 5.79. The second-order valence-electron chi connectivity index (χ2n) is 2.84. The van der Waals surface area contributed by atoms with Gasteiger partial charge in [0.1, 0.15) is 0 Å². The molecule has 0 radical (unpaired) electrons. The van der Waals surface area contributed by atoms with Gasteiger partial charge in [-0.2, -0.15) is 0 Å². The van der Waals surface area contributed by atoms with Crippen LogP contribution in [-0.4, -0.2) is 9.55 Å². The summed E-state index contributed by atoms with van der Waals surface area (Å²) >= 11 is 0. The maximum absolute atomic E-state index is 11.2. The van der Waals surface area contributed by atoms with Crippen molar-refractivity contribution in [3.63, 3.8) is 0 Å². The first kappa shape index (κ1) is 7.16. The Balaban J connectivity index is 2.67. The summed E-state index contributed by atoms with van der Waals surface area (Å²) < 4.78 is 1.62. The number of H-pyrrole nitrogens is 1. The van der Waals surface area contributed by atoms with Crippen molar-refractivity contribution in [2.24, 2.45) is 7.05 Å². The van der Waals surface area contributed by atoms with Gasteiger partial charge >= 0.3 is 5.69 Å². The number of nitrogens with zero attached hydrogens (tertiary/aromatic N) is 1. The smallest absolute Gasteiger partial charge is 0.309 e. The number of nitrogens with one attached hydrogen (secondary N) is 1. The van der Waals surface area contributed by atoms with E-state index in [1.165, 1.54) is 0 Å². The number of fused-ring (bicyclic) bond motifs is 1. The minimum absolute atomic E-state index is 0.0417. The Hall–Kier alpha value is -1.51. The van der Waals surface area contributed by atoms with Crippen LogP contribution in [0.15, 0.2) is 23.0 Å². The molecule has 1 aliphatic rings. The fraction of sp³-hybridized carbons (Fsp3) is 0.222. The molecule has 0 aromatic carbocycles. The molecule has 1 aromatic rings. The Morgan fingerprint density at radius 2 is 2.33 bits per heavy atom. The van der Waals surface area contributed by atoms with E-state index in [2.05, 4.69) is 4.98 Å². The molecule has 0 fully saturated rings. The van der Waals surface area contributed by atoms with E-state index in [1.807, 2.05) is 24.3 Å². The topological polar surface area (TPSA) is 37.8 Å². The summed E-state index contributed by atoms with van der Waals surface area (Å²) in [7, 11) is 1.77. The number of imidazole rings is 1. The van der Waals surface area contributed by atoms with E-state index in [-0.39, 0.29) is 5.69 Å². The van der Waals surface area contributed by atoms with Gasteiger partial charge in [-0.1, -0.05) is 18.2 Å². The lowest BCUT2D eigenvalue weighted by molar-refractivity contribution is 0.853. The van der Waals surface area contributed by atoms with Gasteiger partial charge in [-0.25, -0.2) is 4.79 Å². The van der Waals surface area contributed by atoms with Gasteiger partial charge < -0.3 is 4.98 Å². The average molecular weight is 162 g/mol. The molecule has 62 valence electrons. The van der Waals surface area contributed by atoms with E-state index < -0.39 is 0 Å². The zero-order valence-electron chi connectivity index (χ0n) is 6.87. The van der Waals surface area contributed by atoms with Crippen molar-refractivity contribution in [1.29, 1.82) is 0 Å². The Labute approximate surface area is 70.0 Å². The Morgan fingerprint density at radius 1 is 1.50 bits per heavy atom. The van der Waals surface area contributed by atoms with E-state index in [0.717, 1.165) is 17.8 Å². The Morgan fingerprint density at radius 3 is 3.17 bits per heavy atom. The number of rotatable bonds is 0. The molecule has 0 amide bonds. The van der Waals surface area contributed by atoms with Crippen LogP contribution in [0.1, 0.15) is 11.4 Å². The zero-order valence-corrected chi connectivity index (χ0v) is 6.87. The predicted molar refractivity (Wildman–Crippen MR) is 47.9 cm³/mol. The largest absolute Gasteiger partial charge is 0.325 e. The summed E-state index contributed by atoms with van der Waals surface area (Å²) in [5.74, 6) is 0. The van der Waals surface area contributed by atoms with E-state index in [4.69, 9.17) is 0 Å². The van der Waals surface area contributed by atoms with Gasteiger partial charge in [0.05, 0.1) is 5.69 Å².